The van der Waals surface area contributed by atoms with Crippen molar-refractivity contribution in [1.82, 2.24) is 13.8 Å². The van der Waals surface area contributed by atoms with Crippen molar-refractivity contribution in [3.63, 3.8) is 0 Å². The van der Waals surface area contributed by atoms with Crippen molar-refractivity contribution < 1.29 is 23.8 Å². The number of rotatable bonds is 7. The SMILES string of the molecule is C=C1C(=O)O[C@H]2[C@H]1CC/C(COC(=O)NCc1ccc(Cn3c(=O)sn(-c4ccc(I)cc4)c3=O)cc1)=C\CC[C@@]1(C)O[C@@H]21. The lowest BCUT2D eigenvalue weighted by Crippen LogP contribution is -2.29. The van der Waals surface area contributed by atoms with E-state index in [1.54, 1.807) is 0 Å². The molecule has 12 heteroatoms. The predicted octanol–water partition coefficient (Wildman–Crippen LogP) is 4.70. The summed E-state index contributed by atoms with van der Waals surface area (Å²) in [5, 5.41) is 2.78. The van der Waals surface area contributed by atoms with Crippen LogP contribution in [0, 0.1) is 9.49 Å². The summed E-state index contributed by atoms with van der Waals surface area (Å²) in [6, 6.07) is 14.7. The molecule has 1 amide bonds. The molecule has 1 N–H and O–H groups in total. The molecule has 0 spiro atoms. The van der Waals surface area contributed by atoms with Crippen LogP contribution in [0.15, 0.2) is 81.9 Å². The Morgan fingerprint density at radius 2 is 1.86 bits per heavy atom. The van der Waals surface area contributed by atoms with Crippen LogP contribution in [0.3, 0.4) is 0 Å². The van der Waals surface area contributed by atoms with Gasteiger partial charge in [0.25, 0.3) is 0 Å². The number of allylic oxidation sites excluding steroid dienone is 1. The smallest absolute Gasteiger partial charge is 0.407 e. The molecule has 0 radical (unpaired) electrons. The maximum Gasteiger partial charge on any atom is 0.407 e. The number of fused-ring (bicyclic) bond motifs is 3. The summed E-state index contributed by atoms with van der Waals surface area (Å²) in [7, 11) is 0. The molecule has 4 atom stereocenters. The number of hydrogen-bond donors (Lipinski definition) is 1. The summed E-state index contributed by atoms with van der Waals surface area (Å²) in [4.78, 5) is 49.8. The Balaban J connectivity index is 1.01. The second kappa shape index (κ2) is 12.5. The fourth-order valence-corrected chi connectivity index (χ4v) is 6.97. The Kier molecular flexibility index (Phi) is 8.66. The molecule has 1 aromatic heterocycles. The van der Waals surface area contributed by atoms with Crippen molar-refractivity contribution in [3.05, 3.63) is 107 Å². The molecule has 3 heterocycles. The van der Waals surface area contributed by atoms with E-state index in [4.69, 9.17) is 14.2 Å². The quantitative estimate of drug-likeness (QED) is 0.123. The average molecular weight is 730 g/mol. The molecule has 0 bridgehead atoms. The highest BCUT2D eigenvalue weighted by Gasteiger charge is 2.61. The van der Waals surface area contributed by atoms with Gasteiger partial charge in [-0.05, 0) is 96.2 Å². The zero-order chi connectivity index (χ0) is 31.0. The summed E-state index contributed by atoms with van der Waals surface area (Å²) < 4.78 is 20.7. The number of nitrogens with zero attached hydrogens (tertiary/aromatic N) is 2. The number of nitrogens with one attached hydrogen (secondary N) is 1. The minimum atomic E-state index is -0.535. The second-order valence-corrected chi connectivity index (χ2v) is 13.7. The molecule has 2 aromatic carbocycles. The van der Waals surface area contributed by atoms with Gasteiger partial charge in [0.15, 0.2) is 0 Å². The molecule has 230 valence electrons. The first-order valence-electron chi connectivity index (χ1n) is 14.4. The summed E-state index contributed by atoms with van der Waals surface area (Å²) >= 11 is 3.06. The van der Waals surface area contributed by atoms with Crippen molar-refractivity contribution in [1.29, 1.82) is 0 Å². The Morgan fingerprint density at radius 3 is 2.61 bits per heavy atom. The van der Waals surface area contributed by atoms with Crippen LogP contribution in [0.1, 0.15) is 43.7 Å². The van der Waals surface area contributed by atoms with E-state index in [1.807, 2.05) is 55.5 Å². The molecular weight excluding hydrogens is 697 g/mol. The Hall–Kier alpha value is -3.49. The lowest BCUT2D eigenvalue weighted by molar-refractivity contribution is -0.140. The molecule has 6 rings (SSSR count). The van der Waals surface area contributed by atoms with Crippen molar-refractivity contribution >= 4 is 46.2 Å². The number of carbonyl (C=O) groups is 2. The van der Waals surface area contributed by atoms with Gasteiger partial charge in [0.1, 0.15) is 18.8 Å². The van der Waals surface area contributed by atoms with Crippen LogP contribution in [0.25, 0.3) is 5.69 Å². The number of aromatic nitrogens is 2. The zero-order valence-electron chi connectivity index (χ0n) is 24.1. The van der Waals surface area contributed by atoms with E-state index in [0.29, 0.717) is 24.1 Å². The van der Waals surface area contributed by atoms with E-state index in [-0.39, 0.29) is 60.0 Å². The Labute approximate surface area is 271 Å². The summed E-state index contributed by atoms with van der Waals surface area (Å²) in [5.41, 5.74) is 3.07. The largest absolute Gasteiger partial charge is 0.455 e. The van der Waals surface area contributed by atoms with Crippen LogP contribution in [-0.4, -0.2) is 45.0 Å². The minimum absolute atomic E-state index is 0.0971. The molecule has 1 aliphatic carbocycles. The first-order valence-corrected chi connectivity index (χ1v) is 16.3. The first-order chi connectivity index (χ1) is 21.1. The van der Waals surface area contributed by atoms with Gasteiger partial charge < -0.3 is 19.5 Å². The van der Waals surface area contributed by atoms with Crippen molar-refractivity contribution in [2.75, 3.05) is 6.61 Å². The van der Waals surface area contributed by atoms with E-state index < -0.39 is 6.09 Å². The van der Waals surface area contributed by atoms with Gasteiger partial charge in [0.05, 0.1) is 17.8 Å². The van der Waals surface area contributed by atoms with Gasteiger partial charge >= 0.3 is 22.6 Å². The Morgan fingerprint density at radius 1 is 1.14 bits per heavy atom. The van der Waals surface area contributed by atoms with Crippen LogP contribution >= 0.6 is 34.1 Å². The normalized spacial score (nSPS) is 25.7. The third-order valence-electron chi connectivity index (χ3n) is 8.48. The maximum absolute atomic E-state index is 12.9. The standard InChI is InChI=1S/C32H32IN3O7S/c1-19-25-14-9-22(4-3-15-32(2)27(43-32)26(25)42-28(19)37)18-41-29(38)34-16-20-5-7-21(8-6-20)17-35-30(39)36(44-31(35)40)24-12-10-23(33)11-13-24/h4-8,10-13,25-27H,1,3,9,14-18H2,2H3,(H,34,38)/b22-4+/t25-,26-,27-,32+/m0/s1. The molecule has 2 fully saturated rings. The van der Waals surface area contributed by atoms with E-state index >= 15 is 0 Å². The number of alkyl carbamates (subject to hydrolysis) is 1. The van der Waals surface area contributed by atoms with Gasteiger partial charge in [0.2, 0.25) is 0 Å². The first kappa shape index (κ1) is 30.5. The van der Waals surface area contributed by atoms with Gasteiger partial charge in [-0.2, -0.15) is 0 Å². The molecular formula is C32H32IN3O7S. The van der Waals surface area contributed by atoms with Crippen LogP contribution in [-0.2, 0) is 32.1 Å². The van der Waals surface area contributed by atoms with Gasteiger partial charge in [0, 0.05) is 33.1 Å². The number of hydrogen-bond acceptors (Lipinski definition) is 8. The van der Waals surface area contributed by atoms with Gasteiger partial charge in [-0.3, -0.25) is 4.79 Å². The maximum atomic E-state index is 12.9. The number of carbonyl (C=O) groups excluding carboxylic acids is 2. The predicted molar refractivity (Wildman–Crippen MR) is 173 cm³/mol. The molecule has 10 nitrogen and oxygen atoms in total. The van der Waals surface area contributed by atoms with Crippen molar-refractivity contribution in [2.45, 2.75) is 63.5 Å². The molecule has 3 aromatic rings. The fraction of sp³-hybridized carbons (Fsp3) is 0.375. The summed E-state index contributed by atoms with van der Waals surface area (Å²) in [6.07, 6.45) is 4.07. The fourth-order valence-electron chi connectivity index (χ4n) is 5.81. The number of benzene rings is 2. The van der Waals surface area contributed by atoms with Gasteiger partial charge in [-0.1, -0.05) is 36.9 Å². The number of amides is 1. The molecule has 2 aliphatic heterocycles. The van der Waals surface area contributed by atoms with E-state index in [1.165, 1.54) is 8.52 Å². The summed E-state index contributed by atoms with van der Waals surface area (Å²) in [6.45, 7) is 6.55. The molecule has 0 saturated carbocycles. The van der Waals surface area contributed by atoms with Crippen LogP contribution in [0.2, 0.25) is 0 Å². The summed E-state index contributed by atoms with van der Waals surface area (Å²) in [5.74, 6) is -0.465. The minimum Gasteiger partial charge on any atom is -0.455 e. The van der Waals surface area contributed by atoms with E-state index in [0.717, 1.165) is 44.6 Å². The van der Waals surface area contributed by atoms with Crippen molar-refractivity contribution in [3.8, 4) is 5.69 Å². The average Bonchev–Trinajstić information content (AvgIpc) is 3.50. The highest BCUT2D eigenvalue weighted by molar-refractivity contribution is 14.1. The van der Waals surface area contributed by atoms with E-state index in [9.17, 15) is 19.2 Å². The number of ether oxygens (including phenoxy) is 3. The van der Waals surface area contributed by atoms with Crippen LogP contribution in [0.5, 0.6) is 0 Å². The highest BCUT2D eigenvalue weighted by atomic mass is 127. The molecule has 3 aliphatic rings. The van der Waals surface area contributed by atoms with Gasteiger partial charge in [-0.15, -0.1) is 0 Å². The lowest BCUT2D eigenvalue weighted by Gasteiger charge is -2.20. The third-order valence-corrected chi connectivity index (χ3v) is 10.1. The van der Waals surface area contributed by atoms with Crippen molar-refractivity contribution in [2.24, 2.45) is 5.92 Å². The topological polar surface area (TPSA) is 121 Å². The third kappa shape index (κ3) is 6.47. The van der Waals surface area contributed by atoms with Gasteiger partial charge in [-0.25, -0.2) is 22.9 Å². The molecule has 0 unspecified atom stereocenters. The number of esters is 1. The molecule has 44 heavy (non-hydrogen) atoms. The highest BCUT2D eigenvalue weighted by Crippen LogP contribution is 2.49. The zero-order valence-corrected chi connectivity index (χ0v) is 27.1. The van der Waals surface area contributed by atoms with Crippen LogP contribution in [0.4, 0.5) is 4.79 Å². The number of epoxide rings is 1. The lowest BCUT2D eigenvalue weighted by atomic mass is 9.84. The Bertz CT molecular complexity index is 1740. The number of halogens is 1. The monoisotopic (exact) mass is 729 g/mol. The molecule has 2 saturated heterocycles. The second-order valence-electron chi connectivity index (χ2n) is 11.5. The van der Waals surface area contributed by atoms with E-state index in [2.05, 4.69) is 40.6 Å². The van der Waals surface area contributed by atoms with Crippen LogP contribution < -0.4 is 15.9 Å².